The van der Waals surface area contributed by atoms with Crippen LogP contribution in [0.25, 0.3) is 0 Å². The molecule has 0 saturated carbocycles. The van der Waals surface area contributed by atoms with Crippen molar-refractivity contribution in [2.45, 2.75) is 26.3 Å². The smallest absolute Gasteiger partial charge is 0.244 e. The highest BCUT2D eigenvalue weighted by Gasteiger charge is 2.27. The summed E-state index contributed by atoms with van der Waals surface area (Å²) in [4.78, 5) is 11.8. The van der Waals surface area contributed by atoms with Gasteiger partial charge in [0.15, 0.2) is 0 Å². The van der Waals surface area contributed by atoms with E-state index in [9.17, 15) is 13.6 Å². The molecule has 0 aliphatic carbocycles. The number of benzene rings is 1. The van der Waals surface area contributed by atoms with E-state index in [1.807, 2.05) is 6.92 Å². The highest BCUT2D eigenvalue weighted by molar-refractivity contribution is 5.97. The van der Waals surface area contributed by atoms with Gasteiger partial charge in [-0.25, -0.2) is 8.78 Å². The minimum atomic E-state index is -0.885. The summed E-state index contributed by atoms with van der Waals surface area (Å²) in [7, 11) is 0. The number of anilines is 1. The SMILES string of the molecule is CCNC(C)(C)C(=O)Nc1c(F)cccc1F. The third-order valence-corrected chi connectivity index (χ3v) is 2.39. The Kier molecular flexibility index (Phi) is 4.17. The van der Waals surface area contributed by atoms with Crippen molar-refractivity contribution in [2.24, 2.45) is 0 Å². The summed E-state index contributed by atoms with van der Waals surface area (Å²) in [5.41, 5.74) is -1.30. The Morgan fingerprint density at radius 1 is 1.29 bits per heavy atom. The highest BCUT2D eigenvalue weighted by Crippen LogP contribution is 2.19. The Labute approximate surface area is 99.2 Å². The molecule has 0 spiro atoms. The van der Waals surface area contributed by atoms with Gasteiger partial charge in [-0.15, -0.1) is 0 Å². The van der Waals surface area contributed by atoms with E-state index in [4.69, 9.17) is 0 Å². The maximum Gasteiger partial charge on any atom is 0.244 e. The van der Waals surface area contributed by atoms with Gasteiger partial charge in [0.25, 0.3) is 0 Å². The van der Waals surface area contributed by atoms with Crippen LogP contribution in [0.2, 0.25) is 0 Å². The van der Waals surface area contributed by atoms with Gasteiger partial charge in [0.1, 0.15) is 17.3 Å². The number of nitrogens with one attached hydrogen (secondary N) is 2. The fourth-order valence-electron chi connectivity index (χ4n) is 1.41. The summed E-state index contributed by atoms with van der Waals surface area (Å²) in [6.45, 7) is 5.72. The first kappa shape index (κ1) is 13.6. The van der Waals surface area contributed by atoms with E-state index in [1.165, 1.54) is 6.07 Å². The van der Waals surface area contributed by atoms with Gasteiger partial charge >= 0.3 is 0 Å². The summed E-state index contributed by atoms with van der Waals surface area (Å²) >= 11 is 0. The first-order chi connectivity index (χ1) is 7.88. The number of likely N-dealkylation sites (N-methyl/N-ethyl adjacent to an activating group) is 1. The average Bonchev–Trinajstić information content (AvgIpc) is 2.23. The fraction of sp³-hybridized carbons (Fsp3) is 0.417. The van der Waals surface area contributed by atoms with Crippen molar-refractivity contribution >= 4 is 11.6 Å². The molecule has 17 heavy (non-hydrogen) atoms. The molecule has 0 unspecified atom stereocenters. The third-order valence-electron chi connectivity index (χ3n) is 2.39. The number of carbonyl (C=O) groups is 1. The molecule has 0 aromatic heterocycles. The van der Waals surface area contributed by atoms with Crippen LogP contribution in [0.3, 0.4) is 0 Å². The van der Waals surface area contributed by atoms with E-state index >= 15 is 0 Å². The molecule has 0 aliphatic rings. The molecule has 1 aromatic carbocycles. The molecule has 2 N–H and O–H groups in total. The number of halogens is 2. The molecule has 3 nitrogen and oxygen atoms in total. The van der Waals surface area contributed by atoms with Crippen LogP contribution in [0, 0.1) is 11.6 Å². The van der Waals surface area contributed by atoms with Crippen LogP contribution in [0.1, 0.15) is 20.8 Å². The Morgan fingerprint density at radius 3 is 2.29 bits per heavy atom. The van der Waals surface area contributed by atoms with E-state index in [1.54, 1.807) is 13.8 Å². The second kappa shape index (κ2) is 5.23. The lowest BCUT2D eigenvalue weighted by atomic mass is 10.0. The summed E-state index contributed by atoms with van der Waals surface area (Å²) in [6, 6.07) is 3.44. The molecular weight excluding hydrogens is 226 g/mol. The van der Waals surface area contributed by atoms with Crippen molar-refractivity contribution < 1.29 is 13.6 Å². The predicted molar refractivity (Wildman–Crippen MR) is 62.7 cm³/mol. The third kappa shape index (κ3) is 3.23. The Balaban J connectivity index is 2.88. The maximum absolute atomic E-state index is 13.3. The summed E-state index contributed by atoms with van der Waals surface area (Å²) < 4.78 is 26.6. The van der Waals surface area contributed by atoms with Gasteiger partial charge in [-0.1, -0.05) is 13.0 Å². The van der Waals surface area contributed by atoms with Crippen molar-refractivity contribution in [3.05, 3.63) is 29.8 Å². The van der Waals surface area contributed by atoms with Crippen molar-refractivity contribution in [3.8, 4) is 0 Å². The van der Waals surface area contributed by atoms with Crippen LogP contribution in [-0.2, 0) is 4.79 Å². The summed E-state index contributed by atoms with van der Waals surface area (Å²) in [5.74, 6) is -2.06. The number of carbonyl (C=O) groups excluding carboxylic acids is 1. The van der Waals surface area contributed by atoms with Gasteiger partial charge in [-0.2, -0.15) is 0 Å². The highest BCUT2D eigenvalue weighted by atomic mass is 19.1. The number of hydrogen-bond acceptors (Lipinski definition) is 2. The number of hydrogen-bond donors (Lipinski definition) is 2. The van der Waals surface area contributed by atoms with Gasteiger partial charge in [0.05, 0.1) is 5.54 Å². The number of amides is 1. The second-order valence-electron chi connectivity index (χ2n) is 4.21. The zero-order chi connectivity index (χ0) is 13.1. The fourth-order valence-corrected chi connectivity index (χ4v) is 1.41. The largest absolute Gasteiger partial charge is 0.320 e. The maximum atomic E-state index is 13.3. The molecule has 0 heterocycles. The Bertz CT molecular complexity index is 399. The van der Waals surface area contributed by atoms with Gasteiger partial charge < -0.3 is 10.6 Å². The Morgan fingerprint density at radius 2 is 1.82 bits per heavy atom. The van der Waals surface area contributed by atoms with E-state index in [-0.39, 0.29) is 0 Å². The minimum Gasteiger partial charge on any atom is -0.320 e. The van der Waals surface area contributed by atoms with Crippen molar-refractivity contribution in [1.29, 1.82) is 0 Å². The molecule has 0 atom stereocenters. The first-order valence-corrected chi connectivity index (χ1v) is 5.39. The van der Waals surface area contributed by atoms with Crippen molar-refractivity contribution in [2.75, 3.05) is 11.9 Å². The number of rotatable bonds is 4. The van der Waals surface area contributed by atoms with Crippen LogP contribution in [-0.4, -0.2) is 18.0 Å². The van der Waals surface area contributed by atoms with Crippen molar-refractivity contribution in [1.82, 2.24) is 5.32 Å². The van der Waals surface area contributed by atoms with E-state index in [0.29, 0.717) is 6.54 Å². The van der Waals surface area contributed by atoms with Crippen LogP contribution < -0.4 is 10.6 Å². The average molecular weight is 242 g/mol. The van der Waals surface area contributed by atoms with Gasteiger partial charge in [-0.3, -0.25) is 4.79 Å². The van der Waals surface area contributed by atoms with E-state index in [2.05, 4.69) is 10.6 Å². The quantitative estimate of drug-likeness (QED) is 0.850. The molecule has 0 radical (unpaired) electrons. The summed E-state index contributed by atoms with van der Waals surface area (Å²) in [6.07, 6.45) is 0. The second-order valence-corrected chi connectivity index (χ2v) is 4.21. The normalized spacial score (nSPS) is 11.4. The molecule has 0 aliphatic heterocycles. The molecular formula is C12H16F2N2O. The summed E-state index contributed by atoms with van der Waals surface area (Å²) in [5, 5.41) is 5.18. The predicted octanol–water partition coefficient (Wildman–Crippen LogP) is 2.29. The van der Waals surface area contributed by atoms with Gasteiger partial charge in [0, 0.05) is 0 Å². The lowest BCUT2D eigenvalue weighted by molar-refractivity contribution is -0.121. The standard InChI is InChI=1S/C12H16F2N2O/c1-4-15-12(2,3)11(17)16-10-8(13)6-5-7-9(10)14/h5-7,15H,4H2,1-3H3,(H,16,17). The molecule has 1 aromatic rings. The Hall–Kier alpha value is -1.49. The molecule has 5 heteroatoms. The zero-order valence-corrected chi connectivity index (χ0v) is 10.1. The van der Waals surface area contributed by atoms with Crippen LogP contribution in [0.5, 0.6) is 0 Å². The van der Waals surface area contributed by atoms with Crippen molar-refractivity contribution in [3.63, 3.8) is 0 Å². The van der Waals surface area contributed by atoms with Gasteiger partial charge in [-0.05, 0) is 32.5 Å². The van der Waals surface area contributed by atoms with Gasteiger partial charge in [0.2, 0.25) is 5.91 Å². The number of para-hydroxylation sites is 1. The molecule has 1 amide bonds. The minimum absolute atomic E-state index is 0.413. The molecule has 0 fully saturated rings. The first-order valence-electron chi connectivity index (χ1n) is 5.39. The lowest BCUT2D eigenvalue weighted by Crippen LogP contribution is -2.49. The molecule has 1 rings (SSSR count). The van der Waals surface area contributed by atoms with Crippen LogP contribution in [0.4, 0.5) is 14.5 Å². The molecule has 94 valence electrons. The van der Waals surface area contributed by atoms with E-state index < -0.39 is 28.8 Å². The lowest BCUT2D eigenvalue weighted by Gasteiger charge is -2.24. The monoisotopic (exact) mass is 242 g/mol. The molecule has 0 bridgehead atoms. The van der Waals surface area contributed by atoms with Crippen LogP contribution in [0.15, 0.2) is 18.2 Å². The van der Waals surface area contributed by atoms with E-state index in [0.717, 1.165) is 12.1 Å². The zero-order valence-electron chi connectivity index (χ0n) is 10.1. The molecule has 0 saturated heterocycles. The van der Waals surface area contributed by atoms with Crippen LogP contribution >= 0.6 is 0 Å². The topological polar surface area (TPSA) is 41.1 Å².